The lowest BCUT2D eigenvalue weighted by molar-refractivity contribution is -0.134. The highest BCUT2D eigenvalue weighted by atomic mass is 19.1. The number of halogens is 2. The Kier molecular flexibility index (Phi) is 4.54. The Bertz CT molecular complexity index is 651. The second kappa shape index (κ2) is 6.47. The fraction of sp³-hybridized carbons (Fsp3) is 0.529. The van der Waals surface area contributed by atoms with Crippen LogP contribution in [-0.4, -0.2) is 36.6 Å². The minimum absolute atomic E-state index is 0.0710. The third-order valence-electron chi connectivity index (χ3n) is 5.08. The van der Waals surface area contributed by atoms with Crippen molar-refractivity contribution in [3.63, 3.8) is 0 Å². The third-order valence-corrected chi connectivity index (χ3v) is 5.08. The Labute approximate surface area is 138 Å². The van der Waals surface area contributed by atoms with Gasteiger partial charge >= 0.3 is 0 Å². The fourth-order valence-corrected chi connectivity index (χ4v) is 3.45. The summed E-state index contributed by atoms with van der Waals surface area (Å²) in [6.07, 6.45) is 1.74. The number of anilines is 1. The van der Waals surface area contributed by atoms with Crippen LogP contribution in [0.1, 0.15) is 37.2 Å². The van der Waals surface area contributed by atoms with Gasteiger partial charge < -0.3 is 10.0 Å². The summed E-state index contributed by atoms with van der Waals surface area (Å²) in [6.45, 7) is 0.126. The first-order valence-electron chi connectivity index (χ1n) is 8.07. The molecule has 1 aromatic carbocycles. The number of amides is 2. The summed E-state index contributed by atoms with van der Waals surface area (Å²) in [5.41, 5.74) is 0.126. The standard InChI is InChI=1S/C17H20F2N2O3/c1-21(10-4-9(5-10)8-22)11-6-13(18)16(14(19)7-11)12-2-3-15(23)20-17(12)24/h6-7,9-10,12,22H,2-5,8H2,1H3,(H,20,23,24)/t9-,10-,12?. The van der Waals surface area contributed by atoms with Crippen LogP contribution < -0.4 is 10.2 Å². The van der Waals surface area contributed by atoms with Crippen LogP contribution in [0.2, 0.25) is 0 Å². The van der Waals surface area contributed by atoms with Crippen molar-refractivity contribution in [2.45, 2.75) is 37.6 Å². The predicted octanol–water partition coefficient (Wildman–Crippen LogP) is 1.69. The number of piperidine rings is 1. The lowest BCUT2D eigenvalue weighted by Gasteiger charge is -2.41. The number of hydrogen-bond acceptors (Lipinski definition) is 4. The van der Waals surface area contributed by atoms with E-state index >= 15 is 0 Å². The second-order valence-electron chi connectivity index (χ2n) is 6.61. The molecule has 2 fully saturated rings. The molecule has 0 spiro atoms. The van der Waals surface area contributed by atoms with Crippen molar-refractivity contribution in [3.8, 4) is 0 Å². The van der Waals surface area contributed by atoms with Crippen molar-refractivity contribution in [1.82, 2.24) is 5.32 Å². The van der Waals surface area contributed by atoms with Gasteiger partial charge in [0, 0.05) is 37.4 Å². The van der Waals surface area contributed by atoms with Crippen molar-refractivity contribution < 1.29 is 23.5 Å². The number of rotatable bonds is 4. The van der Waals surface area contributed by atoms with Gasteiger partial charge in [0.1, 0.15) is 11.6 Å². The Hall–Kier alpha value is -2.02. The van der Waals surface area contributed by atoms with E-state index in [4.69, 9.17) is 5.11 Å². The molecule has 0 bridgehead atoms. The molecule has 0 aromatic heterocycles. The number of nitrogens with zero attached hydrogens (tertiary/aromatic N) is 1. The normalized spacial score (nSPS) is 26.8. The third kappa shape index (κ3) is 3.00. The highest BCUT2D eigenvalue weighted by Crippen LogP contribution is 2.36. The summed E-state index contributed by atoms with van der Waals surface area (Å²) in [5.74, 6) is -3.36. The number of benzene rings is 1. The molecule has 1 atom stereocenters. The molecule has 5 nitrogen and oxygen atoms in total. The molecule has 0 radical (unpaired) electrons. The van der Waals surface area contributed by atoms with E-state index in [1.807, 2.05) is 0 Å². The number of hydrogen-bond donors (Lipinski definition) is 2. The van der Waals surface area contributed by atoms with E-state index in [2.05, 4.69) is 5.32 Å². The molecule has 2 N–H and O–H groups in total. The Morgan fingerprint density at radius 3 is 2.42 bits per heavy atom. The van der Waals surface area contributed by atoms with E-state index in [1.54, 1.807) is 11.9 Å². The van der Waals surface area contributed by atoms with E-state index in [0.29, 0.717) is 5.69 Å². The molecular formula is C17H20F2N2O3. The Morgan fingerprint density at radius 2 is 1.88 bits per heavy atom. The van der Waals surface area contributed by atoms with Gasteiger partial charge in [-0.25, -0.2) is 8.78 Å². The average Bonchev–Trinajstić information content (AvgIpc) is 2.47. The molecule has 130 valence electrons. The molecular weight excluding hydrogens is 318 g/mol. The Balaban J connectivity index is 1.81. The lowest BCUT2D eigenvalue weighted by Crippen LogP contribution is -2.44. The summed E-state index contributed by atoms with van der Waals surface area (Å²) in [5, 5.41) is 11.2. The zero-order valence-corrected chi connectivity index (χ0v) is 13.4. The van der Waals surface area contributed by atoms with E-state index in [9.17, 15) is 18.4 Å². The summed E-state index contributed by atoms with van der Waals surface area (Å²) < 4.78 is 29.0. The van der Waals surface area contributed by atoms with Crippen LogP contribution in [0.25, 0.3) is 0 Å². The summed E-state index contributed by atoms with van der Waals surface area (Å²) in [6, 6.07) is 2.60. The number of imide groups is 1. The molecule has 1 heterocycles. The number of carbonyl (C=O) groups excluding carboxylic acids is 2. The minimum Gasteiger partial charge on any atom is -0.396 e. The largest absolute Gasteiger partial charge is 0.396 e. The molecule has 7 heteroatoms. The highest BCUT2D eigenvalue weighted by molar-refractivity contribution is 6.01. The van der Waals surface area contributed by atoms with Crippen molar-refractivity contribution in [2.24, 2.45) is 5.92 Å². The molecule has 3 rings (SSSR count). The first kappa shape index (κ1) is 16.8. The van der Waals surface area contributed by atoms with E-state index < -0.39 is 29.4 Å². The number of aliphatic hydroxyl groups excluding tert-OH is 1. The molecule has 24 heavy (non-hydrogen) atoms. The zero-order chi connectivity index (χ0) is 17.4. The van der Waals surface area contributed by atoms with E-state index in [0.717, 1.165) is 12.8 Å². The van der Waals surface area contributed by atoms with Crippen molar-refractivity contribution in [2.75, 3.05) is 18.6 Å². The number of aliphatic hydroxyl groups is 1. The van der Waals surface area contributed by atoms with Crippen LogP contribution in [0, 0.1) is 17.6 Å². The van der Waals surface area contributed by atoms with Crippen LogP contribution in [0.4, 0.5) is 14.5 Å². The van der Waals surface area contributed by atoms with Gasteiger partial charge in [0.2, 0.25) is 11.8 Å². The van der Waals surface area contributed by atoms with Crippen LogP contribution >= 0.6 is 0 Å². The molecule has 1 saturated heterocycles. The quantitative estimate of drug-likeness (QED) is 0.820. The molecule has 2 amide bonds. The van der Waals surface area contributed by atoms with Crippen molar-refractivity contribution in [1.29, 1.82) is 0 Å². The summed E-state index contributed by atoms with van der Waals surface area (Å²) in [4.78, 5) is 24.8. The first-order chi connectivity index (χ1) is 11.4. The van der Waals surface area contributed by atoms with Gasteiger partial charge in [0.15, 0.2) is 0 Å². The van der Waals surface area contributed by atoms with Crippen molar-refractivity contribution >= 4 is 17.5 Å². The average molecular weight is 338 g/mol. The van der Waals surface area contributed by atoms with Crippen molar-refractivity contribution in [3.05, 3.63) is 29.3 Å². The molecule has 1 aliphatic carbocycles. The monoisotopic (exact) mass is 338 g/mol. The van der Waals surface area contributed by atoms with Crippen LogP contribution in [-0.2, 0) is 9.59 Å². The molecule has 2 aliphatic rings. The Morgan fingerprint density at radius 1 is 1.25 bits per heavy atom. The maximum atomic E-state index is 14.5. The molecule has 1 aromatic rings. The molecule has 1 unspecified atom stereocenters. The van der Waals surface area contributed by atoms with E-state index in [-0.39, 0.29) is 37.0 Å². The van der Waals surface area contributed by atoms with Gasteiger partial charge in [-0.1, -0.05) is 0 Å². The van der Waals surface area contributed by atoms with Gasteiger partial charge in [0.05, 0.1) is 5.92 Å². The smallest absolute Gasteiger partial charge is 0.234 e. The zero-order valence-electron chi connectivity index (χ0n) is 13.4. The van der Waals surface area contributed by atoms with Gasteiger partial charge in [0.25, 0.3) is 0 Å². The van der Waals surface area contributed by atoms with E-state index in [1.165, 1.54) is 12.1 Å². The molecule has 1 aliphatic heterocycles. The SMILES string of the molecule is CN(c1cc(F)c(C2CCC(=O)NC2=O)c(F)c1)[C@H]1C[C@H](CO)C1. The highest BCUT2D eigenvalue weighted by Gasteiger charge is 2.35. The maximum Gasteiger partial charge on any atom is 0.234 e. The minimum atomic E-state index is -0.982. The summed E-state index contributed by atoms with van der Waals surface area (Å²) in [7, 11) is 1.76. The topological polar surface area (TPSA) is 69.6 Å². The van der Waals surface area contributed by atoms with Gasteiger partial charge in [-0.15, -0.1) is 0 Å². The predicted molar refractivity (Wildman–Crippen MR) is 83.5 cm³/mol. The molecule has 1 saturated carbocycles. The lowest BCUT2D eigenvalue weighted by atomic mass is 9.80. The summed E-state index contributed by atoms with van der Waals surface area (Å²) >= 11 is 0. The van der Waals surface area contributed by atoms with Gasteiger partial charge in [-0.3, -0.25) is 14.9 Å². The fourth-order valence-electron chi connectivity index (χ4n) is 3.45. The van der Waals surface area contributed by atoms with Gasteiger partial charge in [-0.05, 0) is 37.3 Å². The van der Waals surface area contributed by atoms with Crippen LogP contribution in [0.15, 0.2) is 12.1 Å². The number of nitrogens with one attached hydrogen (secondary N) is 1. The maximum absolute atomic E-state index is 14.5. The van der Waals surface area contributed by atoms with Crippen LogP contribution in [0.3, 0.4) is 0 Å². The number of carbonyl (C=O) groups is 2. The van der Waals surface area contributed by atoms with Crippen LogP contribution in [0.5, 0.6) is 0 Å². The second-order valence-corrected chi connectivity index (χ2v) is 6.61. The first-order valence-corrected chi connectivity index (χ1v) is 8.07. The van der Waals surface area contributed by atoms with Gasteiger partial charge in [-0.2, -0.15) is 0 Å².